The topological polar surface area (TPSA) is 59.3 Å². The molecule has 1 aliphatic heterocycles. The second-order valence-corrected chi connectivity index (χ2v) is 9.37. The molecule has 2 atom stereocenters. The van der Waals surface area contributed by atoms with E-state index in [2.05, 4.69) is 19.9 Å². The van der Waals surface area contributed by atoms with Gasteiger partial charge in [-0.05, 0) is 72.3 Å². The Hall–Kier alpha value is -2.95. The van der Waals surface area contributed by atoms with Crippen molar-refractivity contribution in [3.63, 3.8) is 0 Å². The van der Waals surface area contributed by atoms with Crippen molar-refractivity contribution in [2.24, 2.45) is 17.8 Å². The fraction of sp³-hybridized carbons (Fsp3) is 0.385. The van der Waals surface area contributed by atoms with Crippen molar-refractivity contribution < 1.29 is 14.3 Å². The van der Waals surface area contributed by atoms with Crippen molar-refractivity contribution >= 4 is 17.1 Å². The Kier molecular flexibility index (Phi) is 4.72. The van der Waals surface area contributed by atoms with Gasteiger partial charge in [-0.3, -0.25) is 4.79 Å². The molecule has 2 aliphatic carbocycles. The summed E-state index contributed by atoms with van der Waals surface area (Å²) in [4.78, 5) is 24.4. The van der Waals surface area contributed by atoms with Crippen LogP contribution in [0.4, 0.5) is 4.39 Å². The Morgan fingerprint density at radius 1 is 1.19 bits per heavy atom. The Labute approximate surface area is 180 Å². The van der Waals surface area contributed by atoms with E-state index in [1.54, 1.807) is 0 Å². The van der Waals surface area contributed by atoms with Crippen LogP contribution in [0.15, 0.2) is 53.0 Å². The van der Waals surface area contributed by atoms with Gasteiger partial charge in [0.05, 0.1) is 5.69 Å². The lowest BCUT2D eigenvalue weighted by atomic mass is 9.72. The fourth-order valence-corrected chi connectivity index (χ4v) is 5.32. The number of fused-ring (bicyclic) bond motifs is 3. The van der Waals surface area contributed by atoms with E-state index in [1.165, 1.54) is 48.4 Å². The van der Waals surface area contributed by atoms with Gasteiger partial charge in [-0.1, -0.05) is 32.1 Å². The number of benzene rings is 1. The molecule has 3 aliphatic rings. The van der Waals surface area contributed by atoms with Gasteiger partial charge < -0.3 is 9.67 Å². The second-order valence-electron chi connectivity index (χ2n) is 9.37. The molecular weight excluding hydrogens is 393 g/mol. The van der Waals surface area contributed by atoms with E-state index < -0.39 is 11.4 Å². The summed E-state index contributed by atoms with van der Waals surface area (Å²) in [7, 11) is 0. The molecule has 1 fully saturated rings. The van der Waals surface area contributed by atoms with Crippen LogP contribution in [-0.4, -0.2) is 15.6 Å². The van der Waals surface area contributed by atoms with Crippen LogP contribution < -0.4 is 5.43 Å². The van der Waals surface area contributed by atoms with E-state index in [9.17, 15) is 19.1 Å². The second kappa shape index (κ2) is 7.33. The van der Waals surface area contributed by atoms with Crippen LogP contribution in [0, 0.1) is 23.6 Å². The quantitative estimate of drug-likeness (QED) is 0.706. The summed E-state index contributed by atoms with van der Waals surface area (Å²) in [6.45, 7) is 4.25. The molecule has 2 aromatic rings. The molecule has 5 rings (SSSR count). The summed E-state index contributed by atoms with van der Waals surface area (Å²) < 4.78 is 15.7. The lowest BCUT2D eigenvalue weighted by Crippen LogP contribution is -2.30. The number of rotatable bonds is 4. The summed E-state index contributed by atoms with van der Waals surface area (Å²) >= 11 is 0. The Morgan fingerprint density at radius 2 is 1.90 bits per heavy atom. The Bertz CT molecular complexity index is 1180. The molecule has 1 N–H and O–H groups in total. The summed E-state index contributed by atoms with van der Waals surface area (Å²) in [5, 5.41) is 9.53. The maximum absolute atomic E-state index is 13.7. The number of aromatic carboxylic acids is 1. The van der Waals surface area contributed by atoms with Gasteiger partial charge in [-0.25, -0.2) is 9.18 Å². The monoisotopic (exact) mass is 419 g/mol. The highest BCUT2D eigenvalue weighted by molar-refractivity contribution is 6.00. The SMILES string of the molecule is CC(C)C1CC2=CCC(C3CC3)C(c3ccc(F)cc3)=C2c2cc(=O)c(C(=O)O)cn21. The molecule has 5 heteroatoms. The van der Waals surface area contributed by atoms with Crippen LogP contribution >= 0.6 is 0 Å². The first-order valence-electron chi connectivity index (χ1n) is 11.0. The summed E-state index contributed by atoms with van der Waals surface area (Å²) in [5.41, 5.74) is 4.55. The number of aromatic nitrogens is 1. The van der Waals surface area contributed by atoms with E-state index >= 15 is 0 Å². The Balaban J connectivity index is 1.81. The number of hydrogen-bond donors (Lipinski definition) is 1. The van der Waals surface area contributed by atoms with Crippen molar-refractivity contribution in [3.8, 4) is 0 Å². The number of nitrogens with zero attached hydrogens (tertiary/aromatic N) is 1. The number of carboxylic acids is 1. The highest BCUT2D eigenvalue weighted by atomic mass is 19.1. The molecule has 0 amide bonds. The molecule has 4 nitrogen and oxygen atoms in total. The van der Waals surface area contributed by atoms with Gasteiger partial charge in [0.2, 0.25) is 0 Å². The minimum Gasteiger partial charge on any atom is -0.477 e. The molecular formula is C26H26FNO3. The van der Waals surface area contributed by atoms with Crippen LogP contribution in [0.1, 0.15) is 67.2 Å². The largest absolute Gasteiger partial charge is 0.477 e. The van der Waals surface area contributed by atoms with E-state index in [0.717, 1.165) is 29.7 Å². The lowest BCUT2D eigenvalue weighted by molar-refractivity contribution is 0.0694. The van der Waals surface area contributed by atoms with Gasteiger partial charge in [-0.2, -0.15) is 0 Å². The molecule has 0 radical (unpaired) electrons. The van der Waals surface area contributed by atoms with Crippen molar-refractivity contribution in [2.75, 3.05) is 0 Å². The van der Waals surface area contributed by atoms with Crippen LogP contribution in [0.25, 0.3) is 11.1 Å². The first kappa shape index (κ1) is 20.0. The smallest absolute Gasteiger partial charge is 0.341 e. The fourth-order valence-electron chi connectivity index (χ4n) is 5.32. The number of hydrogen-bond acceptors (Lipinski definition) is 2. The van der Waals surface area contributed by atoms with Crippen molar-refractivity contribution in [1.29, 1.82) is 0 Å². The van der Waals surface area contributed by atoms with Gasteiger partial charge in [0, 0.05) is 23.9 Å². The average Bonchev–Trinajstić information content (AvgIpc) is 3.57. The molecule has 1 saturated carbocycles. The normalized spacial score (nSPS) is 22.8. The van der Waals surface area contributed by atoms with Crippen LogP contribution in [0.3, 0.4) is 0 Å². The molecule has 2 unspecified atom stereocenters. The minimum absolute atomic E-state index is 0.0793. The zero-order chi connectivity index (χ0) is 21.9. The summed E-state index contributed by atoms with van der Waals surface area (Å²) in [6, 6.07) is 8.23. The highest BCUT2D eigenvalue weighted by Crippen LogP contribution is 2.54. The van der Waals surface area contributed by atoms with Crippen molar-refractivity contribution in [1.82, 2.24) is 4.57 Å². The van der Waals surface area contributed by atoms with Crippen molar-refractivity contribution in [2.45, 2.75) is 45.6 Å². The van der Waals surface area contributed by atoms with Gasteiger partial charge in [0.25, 0.3) is 0 Å². The van der Waals surface area contributed by atoms with Crippen molar-refractivity contribution in [3.05, 3.63) is 81.0 Å². The van der Waals surface area contributed by atoms with Crippen LogP contribution in [-0.2, 0) is 0 Å². The third-order valence-electron chi connectivity index (χ3n) is 7.05. The number of halogens is 1. The van der Waals surface area contributed by atoms with Gasteiger partial charge in [0.15, 0.2) is 5.43 Å². The first-order chi connectivity index (χ1) is 14.8. The molecule has 2 heterocycles. The third kappa shape index (κ3) is 3.36. The van der Waals surface area contributed by atoms with E-state index in [0.29, 0.717) is 11.8 Å². The zero-order valence-electron chi connectivity index (χ0n) is 17.8. The molecule has 0 saturated heterocycles. The molecule has 0 spiro atoms. The van der Waals surface area contributed by atoms with Gasteiger partial charge >= 0.3 is 5.97 Å². The number of carboxylic acid groups (broad SMARTS) is 1. The van der Waals surface area contributed by atoms with E-state index in [1.807, 2.05) is 16.7 Å². The highest BCUT2D eigenvalue weighted by Gasteiger charge is 2.40. The molecule has 0 bridgehead atoms. The summed E-state index contributed by atoms with van der Waals surface area (Å²) in [6.07, 6.45) is 7.97. The van der Waals surface area contributed by atoms with Crippen LogP contribution in [0.2, 0.25) is 0 Å². The molecule has 1 aromatic carbocycles. The minimum atomic E-state index is -1.20. The van der Waals surface area contributed by atoms with Gasteiger partial charge in [-0.15, -0.1) is 0 Å². The lowest BCUT2D eigenvalue weighted by Gasteiger charge is -2.39. The predicted molar refractivity (Wildman–Crippen MR) is 118 cm³/mol. The third-order valence-corrected chi connectivity index (χ3v) is 7.05. The molecule has 1 aromatic heterocycles. The van der Waals surface area contributed by atoms with Gasteiger partial charge in [0.1, 0.15) is 11.4 Å². The molecule has 160 valence electrons. The summed E-state index contributed by atoms with van der Waals surface area (Å²) in [5.74, 6) is -0.249. The standard InChI is InChI=1S/C26H26FNO3/c1-14(2)21-11-17-7-10-19(15-3-4-15)24(16-5-8-18(27)9-6-16)25(17)22-12-23(29)20(26(30)31)13-28(21)22/h5-9,12-15,19,21H,3-4,10-11H2,1-2H3,(H,30,31). The maximum Gasteiger partial charge on any atom is 0.341 e. The average molecular weight is 419 g/mol. The zero-order valence-corrected chi connectivity index (χ0v) is 17.8. The predicted octanol–water partition coefficient (Wildman–Crippen LogP) is 5.55. The molecule has 31 heavy (non-hydrogen) atoms. The number of allylic oxidation sites excluding steroid dienone is 4. The number of carbonyl (C=O) groups is 1. The maximum atomic E-state index is 13.7. The van der Waals surface area contributed by atoms with E-state index in [4.69, 9.17) is 0 Å². The van der Waals surface area contributed by atoms with E-state index in [-0.39, 0.29) is 23.3 Å². The first-order valence-corrected chi connectivity index (χ1v) is 11.0. The number of pyridine rings is 1. The Morgan fingerprint density at radius 3 is 2.52 bits per heavy atom. The van der Waals surface area contributed by atoms with Crippen LogP contribution in [0.5, 0.6) is 0 Å².